The molecule has 0 aliphatic carbocycles. The van der Waals surface area contributed by atoms with Crippen molar-refractivity contribution in [3.05, 3.63) is 52.7 Å². The zero-order valence-electron chi connectivity index (χ0n) is 14.4. The SMILES string of the molecule is O=C(Nn1ccc2c(nnc3ncnn32)c1=O)c1ccc2c(c1)OCCCO2. The molecule has 3 aromatic heterocycles. The molecule has 4 heterocycles. The van der Waals surface area contributed by atoms with Crippen LogP contribution in [-0.2, 0) is 0 Å². The summed E-state index contributed by atoms with van der Waals surface area (Å²) in [5.74, 6) is 0.882. The number of carbonyl (C=O) groups is 1. The van der Waals surface area contributed by atoms with Gasteiger partial charge >= 0.3 is 0 Å². The first-order chi connectivity index (χ1) is 13.7. The predicted octanol–water partition coefficient (Wildman–Crippen LogP) is 0.379. The zero-order chi connectivity index (χ0) is 19.1. The van der Waals surface area contributed by atoms with E-state index in [-0.39, 0.29) is 11.3 Å². The standard InChI is InChI=1S/C17H13N7O4/c25-15(10-2-3-12-13(8-10)28-7-1-6-27-12)22-23-5-4-11-14(16(23)26)20-21-17-18-9-19-24(11)17/h2-5,8-9H,1,6-7H2,(H,22,25). The van der Waals surface area contributed by atoms with Crippen LogP contribution < -0.4 is 20.5 Å². The molecule has 4 aromatic rings. The van der Waals surface area contributed by atoms with Crippen LogP contribution in [0.3, 0.4) is 0 Å². The molecule has 0 saturated carbocycles. The van der Waals surface area contributed by atoms with Gasteiger partial charge in [0, 0.05) is 18.2 Å². The summed E-state index contributed by atoms with van der Waals surface area (Å²) in [6, 6.07) is 6.46. The number of ether oxygens (including phenoxy) is 2. The molecule has 11 nitrogen and oxygen atoms in total. The van der Waals surface area contributed by atoms with Crippen LogP contribution in [0.2, 0.25) is 0 Å². The number of pyridine rings is 1. The van der Waals surface area contributed by atoms with Crippen LogP contribution in [0.5, 0.6) is 11.5 Å². The molecule has 11 heteroatoms. The highest BCUT2D eigenvalue weighted by molar-refractivity contribution is 6.00. The van der Waals surface area contributed by atoms with Gasteiger partial charge in [0.2, 0.25) is 0 Å². The van der Waals surface area contributed by atoms with Gasteiger partial charge in [0.25, 0.3) is 17.2 Å². The largest absolute Gasteiger partial charge is 0.490 e. The minimum absolute atomic E-state index is 0.0551. The van der Waals surface area contributed by atoms with Crippen molar-refractivity contribution in [1.29, 1.82) is 0 Å². The van der Waals surface area contributed by atoms with Gasteiger partial charge in [-0.15, -0.1) is 10.2 Å². The number of nitrogens with one attached hydrogen (secondary N) is 1. The van der Waals surface area contributed by atoms with E-state index in [2.05, 4.69) is 25.7 Å². The lowest BCUT2D eigenvalue weighted by Crippen LogP contribution is -2.33. The Labute approximate surface area is 156 Å². The molecule has 0 unspecified atom stereocenters. The molecule has 0 spiro atoms. The van der Waals surface area contributed by atoms with Crippen LogP contribution in [0.4, 0.5) is 0 Å². The van der Waals surface area contributed by atoms with Crippen LogP contribution >= 0.6 is 0 Å². The molecule has 0 bridgehead atoms. The smallest absolute Gasteiger partial charge is 0.299 e. The van der Waals surface area contributed by atoms with Gasteiger partial charge in [-0.05, 0) is 24.3 Å². The van der Waals surface area contributed by atoms with E-state index in [4.69, 9.17) is 9.47 Å². The van der Waals surface area contributed by atoms with Crippen LogP contribution in [0.25, 0.3) is 16.8 Å². The molecule has 28 heavy (non-hydrogen) atoms. The maximum atomic E-state index is 12.7. The van der Waals surface area contributed by atoms with Gasteiger partial charge in [-0.3, -0.25) is 15.0 Å². The highest BCUT2D eigenvalue weighted by Crippen LogP contribution is 2.30. The summed E-state index contributed by atoms with van der Waals surface area (Å²) in [7, 11) is 0. The Kier molecular flexibility index (Phi) is 3.64. The lowest BCUT2D eigenvalue weighted by molar-refractivity contribution is 0.101. The molecule has 0 atom stereocenters. The molecular formula is C17H13N7O4. The maximum Gasteiger partial charge on any atom is 0.299 e. The normalized spacial score (nSPS) is 13.4. The van der Waals surface area contributed by atoms with Gasteiger partial charge in [0.05, 0.1) is 13.2 Å². The summed E-state index contributed by atoms with van der Waals surface area (Å²) in [4.78, 5) is 29.2. The van der Waals surface area contributed by atoms with E-state index in [1.165, 1.54) is 17.0 Å². The summed E-state index contributed by atoms with van der Waals surface area (Å²) < 4.78 is 13.6. The molecule has 140 valence electrons. The van der Waals surface area contributed by atoms with Crippen molar-refractivity contribution >= 4 is 22.7 Å². The molecule has 1 N–H and O–H groups in total. The fourth-order valence-electron chi connectivity index (χ4n) is 2.92. The van der Waals surface area contributed by atoms with Gasteiger partial charge in [0.1, 0.15) is 11.8 Å². The highest BCUT2D eigenvalue weighted by atomic mass is 16.5. The average Bonchev–Trinajstić information content (AvgIpc) is 3.07. The Bertz CT molecular complexity index is 1280. The van der Waals surface area contributed by atoms with E-state index in [1.807, 2.05) is 0 Å². The van der Waals surface area contributed by atoms with E-state index in [0.29, 0.717) is 35.8 Å². The van der Waals surface area contributed by atoms with Crippen LogP contribution in [0, 0.1) is 0 Å². The number of fused-ring (bicyclic) bond motifs is 4. The number of aromatic nitrogens is 6. The second kappa shape index (κ2) is 6.30. The third-order valence-electron chi connectivity index (χ3n) is 4.27. The van der Waals surface area contributed by atoms with Crippen molar-refractivity contribution in [1.82, 2.24) is 29.5 Å². The number of benzene rings is 1. The molecule has 0 saturated heterocycles. The summed E-state index contributed by atoms with van der Waals surface area (Å²) in [6.07, 6.45) is 3.51. The zero-order valence-corrected chi connectivity index (χ0v) is 14.4. The average molecular weight is 379 g/mol. The van der Waals surface area contributed by atoms with Gasteiger partial charge in [-0.25, -0.2) is 4.68 Å². The third-order valence-corrected chi connectivity index (χ3v) is 4.27. The van der Waals surface area contributed by atoms with E-state index in [1.54, 1.807) is 24.3 Å². The number of hydrogen-bond acceptors (Lipinski definition) is 8. The fraction of sp³-hybridized carbons (Fsp3) is 0.176. The van der Waals surface area contributed by atoms with Crippen LogP contribution in [0.15, 0.2) is 41.6 Å². The van der Waals surface area contributed by atoms with Crippen molar-refractivity contribution in [3.63, 3.8) is 0 Å². The number of amides is 1. The summed E-state index contributed by atoms with van der Waals surface area (Å²) >= 11 is 0. The Morgan fingerprint density at radius 3 is 2.86 bits per heavy atom. The number of carbonyl (C=O) groups excluding carboxylic acids is 1. The van der Waals surface area contributed by atoms with Crippen molar-refractivity contribution < 1.29 is 14.3 Å². The molecule has 1 aliphatic heterocycles. The Morgan fingerprint density at radius 1 is 1.11 bits per heavy atom. The minimum atomic E-state index is -0.537. The Balaban J connectivity index is 1.49. The second-order valence-corrected chi connectivity index (χ2v) is 6.05. The van der Waals surface area contributed by atoms with Gasteiger partial charge < -0.3 is 9.47 Å². The van der Waals surface area contributed by atoms with E-state index >= 15 is 0 Å². The predicted molar refractivity (Wildman–Crippen MR) is 96.1 cm³/mol. The first-order valence-electron chi connectivity index (χ1n) is 8.49. The van der Waals surface area contributed by atoms with E-state index in [9.17, 15) is 9.59 Å². The molecule has 5 rings (SSSR count). The lowest BCUT2D eigenvalue weighted by atomic mass is 10.2. The van der Waals surface area contributed by atoms with Gasteiger partial charge in [-0.1, -0.05) is 0 Å². The minimum Gasteiger partial charge on any atom is -0.490 e. The molecule has 1 aliphatic rings. The Hall–Kier alpha value is -4.02. The lowest BCUT2D eigenvalue weighted by Gasteiger charge is -2.11. The fourth-order valence-corrected chi connectivity index (χ4v) is 2.92. The summed E-state index contributed by atoms with van der Waals surface area (Å²) in [6.45, 7) is 1.07. The molecule has 1 aromatic carbocycles. The summed E-state index contributed by atoms with van der Waals surface area (Å²) in [5.41, 5.74) is 2.82. The molecule has 0 fully saturated rings. The third kappa shape index (κ3) is 2.60. The van der Waals surface area contributed by atoms with Crippen LogP contribution in [0.1, 0.15) is 16.8 Å². The van der Waals surface area contributed by atoms with Crippen molar-refractivity contribution in [3.8, 4) is 11.5 Å². The van der Waals surface area contributed by atoms with Crippen molar-refractivity contribution in [2.45, 2.75) is 6.42 Å². The number of rotatable bonds is 2. The first kappa shape index (κ1) is 16.2. The monoisotopic (exact) mass is 379 g/mol. The molecule has 0 radical (unpaired) electrons. The second-order valence-electron chi connectivity index (χ2n) is 6.05. The molecular weight excluding hydrogens is 366 g/mol. The van der Waals surface area contributed by atoms with Gasteiger partial charge in [-0.2, -0.15) is 14.6 Å². The Morgan fingerprint density at radius 2 is 1.96 bits per heavy atom. The topological polar surface area (TPSA) is 126 Å². The van der Waals surface area contributed by atoms with Crippen LogP contribution in [-0.4, -0.2) is 48.6 Å². The number of hydrogen-bond donors (Lipinski definition) is 1. The highest BCUT2D eigenvalue weighted by Gasteiger charge is 2.16. The van der Waals surface area contributed by atoms with E-state index in [0.717, 1.165) is 11.1 Å². The molecule has 1 amide bonds. The quantitative estimate of drug-likeness (QED) is 0.530. The first-order valence-corrected chi connectivity index (χ1v) is 8.49. The van der Waals surface area contributed by atoms with Crippen molar-refractivity contribution in [2.75, 3.05) is 18.6 Å². The number of nitrogens with zero attached hydrogens (tertiary/aromatic N) is 6. The van der Waals surface area contributed by atoms with Gasteiger partial charge in [0.15, 0.2) is 17.0 Å². The summed E-state index contributed by atoms with van der Waals surface area (Å²) in [5, 5.41) is 11.8. The van der Waals surface area contributed by atoms with E-state index < -0.39 is 11.5 Å². The van der Waals surface area contributed by atoms with Crippen molar-refractivity contribution in [2.24, 2.45) is 0 Å². The maximum absolute atomic E-state index is 12.7.